The smallest absolute Gasteiger partial charge is 0.330 e. The highest BCUT2D eigenvalue weighted by Gasteiger charge is 2.09. The molecular formula is C11H14N4OS. The third-order valence-corrected chi connectivity index (χ3v) is 3.15. The van der Waals surface area contributed by atoms with Crippen molar-refractivity contribution in [1.29, 1.82) is 0 Å². The predicted octanol–water partition coefficient (Wildman–Crippen LogP) is 0.784. The quantitative estimate of drug-likeness (QED) is 0.786. The second-order valence-electron chi connectivity index (χ2n) is 3.52. The summed E-state index contributed by atoms with van der Waals surface area (Å²) in [6.07, 6.45) is 2.57. The van der Waals surface area contributed by atoms with Crippen LogP contribution in [0.5, 0.6) is 0 Å². The first-order valence-electron chi connectivity index (χ1n) is 5.27. The van der Waals surface area contributed by atoms with Gasteiger partial charge < -0.3 is 5.73 Å². The van der Waals surface area contributed by atoms with Gasteiger partial charge in [0.15, 0.2) is 0 Å². The van der Waals surface area contributed by atoms with Gasteiger partial charge in [0.2, 0.25) is 0 Å². The Bertz CT molecular complexity index is 561. The number of rotatable bonds is 4. The van der Waals surface area contributed by atoms with Crippen LogP contribution in [0.1, 0.15) is 5.82 Å². The number of hydrogen-bond acceptors (Lipinski definition) is 4. The van der Waals surface area contributed by atoms with Gasteiger partial charge in [0.25, 0.3) is 0 Å². The van der Waals surface area contributed by atoms with E-state index in [1.807, 2.05) is 30.5 Å². The molecule has 0 radical (unpaired) electrons. The highest BCUT2D eigenvalue weighted by Crippen LogP contribution is 2.18. The zero-order valence-electron chi connectivity index (χ0n) is 9.51. The minimum absolute atomic E-state index is 0.230. The first kappa shape index (κ1) is 11.9. The highest BCUT2D eigenvalue weighted by molar-refractivity contribution is 7.98. The van der Waals surface area contributed by atoms with Crippen LogP contribution in [-0.4, -0.2) is 27.6 Å². The Hall–Kier alpha value is -1.53. The van der Waals surface area contributed by atoms with Gasteiger partial charge in [-0.2, -0.15) is 5.10 Å². The van der Waals surface area contributed by atoms with Crippen LogP contribution in [0.25, 0.3) is 5.69 Å². The van der Waals surface area contributed by atoms with Crippen molar-refractivity contribution < 1.29 is 0 Å². The molecule has 90 valence electrons. The van der Waals surface area contributed by atoms with E-state index in [2.05, 4.69) is 10.2 Å². The van der Waals surface area contributed by atoms with E-state index in [1.54, 1.807) is 16.3 Å². The molecule has 0 atom stereocenters. The molecule has 0 aliphatic carbocycles. The standard InChI is InChI=1S/C11H14N4OS/c1-17-9-4-2-3-8(7-9)15-10(5-6-12)13-14-11(15)16/h2-4,7H,5-6,12H2,1H3,(H,14,16). The molecule has 5 nitrogen and oxygen atoms in total. The van der Waals surface area contributed by atoms with Crippen molar-refractivity contribution >= 4 is 11.8 Å². The number of hydrogen-bond donors (Lipinski definition) is 2. The summed E-state index contributed by atoms with van der Waals surface area (Å²) in [4.78, 5) is 12.8. The minimum Gasteiger partial charge on any atom is -0.330 e. The number of nitrogens with two attached hydrogens (primary N) is 1. The zero-order chi connectivity index (χ0) is 12.3. The Morgan fingerprint density at radius 1 is 1.53 bits per heavy atom. The van der Waals surface area contributed by atoms with Crippen LogP contribution in [0.15, 0.2) is 34.0 Å². The normalized spacial score (nSPS) is 10.7. The summed E-state index contributed by atoms with van der Waals surface area (Å²) in [7, 11) is 0. The molecule has 2 rings (SSSR count). The molecule has 0 aliphatic rings. The zero-order valence-corrected chi connectivity index (χ0v) is 10.3. The molecule has 0 fully saturated rings. The summed E-state index contributed by atoms with van der Waals surface area (Å²) in [5.74, 6) is 0.663. The molecule has 17 heavy (non-hydrogen) atoms. The van der Waals surface area contributed by atoms with Crippen LogP contribution >= 0.6 is 11.8 Å². The topological polar surface area (TPSA) is 76.7 Å². The van der Waals surface area contributed by atoms with Crippen molar-refractivity contribution in [2.45, 2.75) is 11.3 Å². The van der Waals surface area contributed by atoms with Crippen molar-refractivity contribution in [2.75, 3.05) is 12.8 Å². The van der Waals surface area contributed by atoms with E-state index in [9.17, 15) is 4.79 Å². The van der Waals surface area contributed by atoms with E-state index in [-0.39, 0.29) is 5.69 Å². The first-order chi connectivity index (χ1) is 8.26. The number of benzene rings is 1. The minimum atomic E-state index is -0.230. The Labute approximate surface area is 103 Å². The molecule has 1 aromatic carbocycles. The Morgan fingerprint density at radius 3 is 3.06 bits per heavy atom. The Balaban J connectivity index is 2.51. The van der Waals surface area contributed by atoms with E-state index < -0.39 is 0 Å². The van der Waals surface area contributed by atoms with Crippen molar-refractivity contribution in [3.63, 3.8) is 0 Å². The van der Waals surface area contributed by atoms with Crippen molar-refractivity contribution in [3.05, 3.63) is 40.6 Å². The third-order valence-electron chi connectivity index (χ3n) is 2.42. The summed E-state index contributed by atoms with van der Waals surface area (Å²) in [5, 5.41) is 6.43. The molecule has 2 aromatic rings. The summed E-state index contributed by atoms with van der Waals surface area (Å²) in [5.41, 5.74) is 6.09. The van der Waals surface area contributed by atoms with Crippen molar-refractivity contribution in [3.8, 4) is 5.69 Å². The van der Waals surface area contributed by atoms with Gasteiger partial charge in [0.1, 0.15) is 5.82 Å². The molecule has 3 N–H and O–H groups in total. The number of aromatic nitrogens is 3. The van der Waals surface area contributed by atoms with Gasteiger partial charge >= 0.3 is 5.69 Å². The third kappa shape index (κ3) is 2.42. The summed E-state index contributed by atoms with van der Waals surface area (Å²) in [6.45, 7) is 0.465. The van der Waals surface area contributed by atoms with Crippen LogP contribution in [0.3, 0.4) is 0 Å². The van der Waals surface area contributed by atoms with E-state index in [1.165, 1.54) is 0 Å². The van der Waals surface area contributed by atoms with Gasteiger partial charge in [0.05, 0.1) is 5.69 Å². The summed E-state index contributed by atoms with van der Waals surface area (Å²) in [6, 6.07) is 7.77. The van der Waals surface area contributed by atoms with Crippen LogP contribution < -0.4 is 11.4 Å². The maximum absolute atomic E-state index is 11.7. The Morgan fingerprint density at radius 2 is 2.35 bits per heavy atom. The second kappa shape index (κ2) is 5.20. The van der Waals surface area contributed by atoms with E-state index in [0.29, 0.717) is 18.8 Å². The monoisotopic (exact) mass is 250 g/mol. The maximum atomic E-state index is 11.7. The van der Waals surface area contributed by atoms with Gasteiger partial charge in [-0.25, -0.2) is 14.5 Å². The fourth-order valence-electron chi connectivity index (χ4n) is 1.64. The van der Waals surface area contributed by atoms with Crippen molar-refractivity contribution in [1.82, 2.24) is 14.8 Å². The molecule has 0 amide bonds. The molecule has 0 saturated heterocycles. The van der Waals surface area contributed by atoms with E-state index in [0.717, 1.165) is 10.6 Å². The predicted molar refractivity (Wildman–Crippen MR) is 68.7 cm³/mol. The maximum Gasteiger partial charge on any atom is 0.347 e. The van der Waals surface area contributed by atoms with Crippen molar-refractivity contribution in [2.24, 2.45) is 5.73 Å². The number of thioether (sulfide) groups is 1. The molecule has 0 spiro atoms. The van der Waals surface area contributed by atoms with Gasteiger partial charge in [-0.05, 0) is 31.0 Å². The second-order valence-corrected chi connectivity index (χ2v) is 4.40. The van der Waals surface area contributed by atoms with Crippen LogP contribution in [0.4, 0.5) is 0 Å². The fourth-order valence-corrected chi connectivity index (χ4v) is 2.10. The van der Waals surface area contributed by atoms with Crippen LogP contribution in [0, 0.1) is 0 Å². The lowest BCUT2D eigenvalue weighted by molar-refractivity contribution is 0.823. The highest BCUT2D eigenvalue weighted by atomic mass is 32.2. The van der Waals surface area contributed by atoms with E-state index in [4.69, 9.17) is 5.73 Å². The molecule has 0 bridgehead atoms. The molecular weight excluding hydrogens is 236 g/mol. The fraction of sp³-hybridized carbons (Fsp3) is 0.273. The number of H-pyrrole nitrogens is 1. The van der Waals surface area contributed by atoms with Gasteiger partial charge in [0, 0.05) is 11.3 Å². The van der Waals surface area contributed by atoms with Crippen LogP contribution in [0.2, 0.25) is 0 Å². The first-order valence-corrected chi connectivity index (χ1v) is 6.49. The molecule has 0 aliphatic heterocycles. The lowest BCUT2D eigenvalue weighted by Crippen LogP contribution is -2.18. The molecule has 6 heteroatoms. The largest absolute Gasteiger partial charge is 0.347 e. The van der Waals surface area contributed by atoms with Gasteiger partial charge in [-0.15, -0.1) is 11.8 Å². The average molecular weight is 250 g/mol. The van der Waals surface area contributed by atoms with Crippen LogP contribution in [-0.2, 0) is 6.42 Å². The summed E-state index contributed by atoms with van der Waals surface area (Å²) >= 11 is 1.63. The molecule has 1 aromatic heterocycles. The SMILES string of the molecule is CSc1cccc(-n2c(CCN)n[nH]c2=O)c1. The van der Waals surface area contributed by atoms with Gasteiger partial charge in [-0.3, -0.25) is 0 Å². The molecule has 0 unspecified atom stereocenters. The number of nitrogens with zero attached hydrogens (tertiary/aromatic N) is 2. The lowest BCUT2D eigenvalue weighted by Gasteiger charge is -2.06. The Kier molecular flexibility index (Phi) is 3.65. The molecule has 0 saturated carbocycles. The lowest BCUT2D eigenvalue weighted by atomic mass is 10.3. The number of nitrogens with one attached hydrogen (secondary N) is 1. The molecule has 1 heterocycles. The van der Waals surface area contributed by atoms with E-state index >= 15 is 0 Å². The summed E-state index contributed by atoms with van der Waals surface area (Å²) < 4.78 is 1.56. The average Bonchev–Trinajstić information content (AvgIpc) is 2.71. The van der Waals surface area contributed by atoms with Gasteiger partial charge in [-0.1, -0.05) is 6.07 Å². The number of aromatic amines is 1.